The number of rotatable bonds is 3. The summed E-state index contributed by atoms with van der Waals surface area (Å²) in [6.45, 7) is 0. The molecule has 6 heteroatoms. The number of hydrogen-bond acceptors (Lipinski definition) is 4. The normalized spacial score (nSPS) is 19.8. The molecule has 1 aromatic carbocycles. The van der Waals surface area contributed by atoms with E-state index in [0.29, 0.717) is 5.69 Å². The van der Waals surface area contributed by atoms with E-state index in [2.05, 4.69) is 0 Å². The monoisotopic (exact) mass is 251 g/mol. The van der Waals surface area contributed by atoms with Gasteiger partial charge in [0.15, 0.2) is 0 Å². The van der Waals surface area contributed by atoms with Gasteiger partial charge in [-0.05, 0) is 23.9 Å². The first-order valence-corrected chi connectivity index (χ1v) is 5.79. The predicted molar refractivity (Wildman–Crippen MR) is 63.0 cm³/mol. The van der Waals surface area contributed by atoms with Crippen LogP contribution in [0.2, 0.25) is 0 Å². The summed E-state index contributed by atoms with van der Waals surface area (Å²) >= 11 is 0.762. The first kappa shape index (κ1) is 11.7. The summed E-state index contributed by atoms with van der Waals surface area (Å²) in [6.07, 6.45) is -0.335. The fourth-order valence-electron chi connectivity index (χ4n) is 1.56. The van der Waals surface area contributed by atoms with E-state index in [4.69, 9.17) is 5.11 Å². The summed E-state index contributed by atoms with van der Waals surface area (Å²) in [5.74, 6) is -1.55. The lowest BCUT2D eigenvalue weighted by Gasteiger charge is -2.12. The average Bonchev–Trinajstić information content (AvgIpc) is 2.54. The molecule has 0 saturated carbocycles. The number of aliphatic carboxylic acids is 1. The van der Waals surface area contributed by atoms with E-state index in [0.717, 1.165) is 16.7 Å². The molecule has 17 heavy (non-hydrogen) atoms. The molecule has 88 valence electrons. The number of hydrogen-bond donors (Lipinski definition) is 1. The van der Waals surface area contributed by atoms with E-state index in [9.17, 15) is 14.4 Å². The average molecular weight is 251 g/mol. The number of nitrogens with zero attached hydrogens (tertiary/aromatic N) is 1. The number of thioether (sulfide) groups is 1. The molecule has 2 amide bonds. The molecule has 0 spiro atoms. The van der Waals surface area contributed by atoms with Crippen molar-refractivity contribution in [3.05, 3.63) is 30.3 Å². The zero-order chi connectivity index (χ0) is 12.4. The second kappa shape index (κ2) is 4.58. The fraction of sp³-hybridized carbons (Fsp3) is 0.182. The van der Waals surface area contributed by atoms with E-state index in [-0.39, 0.29) is 6.42 Å². The number of carboxylic acids is 1. The highest BCUT2D eigenvalue weighted by atomic mass is 32.2. The highest BCUT2D eigenvalue weighted by Crippen LogP contribution is 2.33. The molecule has 0 bridgehead atoms. The standard InChI is InChI=1S/C11H9NO4S/c13-9(14)6-8-10(15)12(11(16)17-8)7-4-2-1-3-5-7/h1-5,8H,6H2,(H,13,14). The Kier molecular flexibility index (Phi) is 3.14. The number of carbonyl (C=O) groups is 3. The molecular weight excluding hydrogens is 242 g/mol. The number of anilines is 1. The first-order chi connectivity index (χ1) is 8.09. The van der Waals surface area contributed by atoms with Gasteiger partial charge in [-0.15, -0.1) is 0 Å². The Morgan fingerprint density at radius 2 is 1.94 bits per heavy atom. The van der Waals surface area contributed by atoms with Crippen LogP contribution in [0.5, 0.6) is 0 Å². The summed E-state index contributed by atoms with van der Waals surface area (Å²) in [7, 11) is 0. The SMILES string of the molecule is O=C(O)CC1SC(=O)N(c2ccccc2)C1=O. The number of benzene rings is 1. The van der Waals surface area contributed by atoms with Crippen LogP contribution < -0.4 is 4.90 Å². The molecule has 0 aliphatic carbocycles. The van der Waals surface area contributed by atoms with Crippen molar-refractivity contribution in [2.75, 3.05) is 4.90 Å². The van der Waals surface area contributed by atoms with Crippen LogP contribution in [-0.4, -0.2) is 27.5 Å². The summed E-state index contributed by atoms with van der Waals surface area (Å²) < 4.78 is 0. The predicted octanol–water partition coefficient (Wildman–Crippen LogP) is 1.73. The summed E-state index contributed by atoms with van der Waals surface area (Å²) in [4.78, 5) is 35.1. The molecule has 0 aromatic heterocycles. The Morgan fingerprint density at radius 1 is 1.29 bits per heavy atom. The molecule has 1 aromatic rings. The second-order valence-corrected chi connectivity index (χ2v) is 4.63. The lowest BCUT2D eigenvalue weighted by atomic mass is 10.2. The smallest absolute Gasteiger partial charge is 0.305 e. The van der Waals surface area contributed by atoms with Crippen molar-refractivity contribution >= 4 is 34.6 Å². The minimum Gasteiger partial charge on any atom is -0.481 e. The van der Waals surface area contributed by atoms with Crippen molar-refractivity contribution in [2.24, 2.45) is 0 Å². The molecule has 1 fully saturated rings. The van der Waals surface area contributed by atoms with Crippen molar-refractivity contribution in [2.45, 2.75) is 11.7 Å². The number of carbonyl (C=O) groups excluding carboxylic acids is 2. The molecular formula is C11H9NO4S. The molecule has 1 aliphatic heterocycles. The van der Waals surface area contributed by atoms with Crippen LogP contribution >= 0.6 is 11.8 Å². The highest BCUT2D eigenvalue weighted by molar-refractivity contribution is 8.15. The van der Waals surface area contributed by atoms with Crippen LogP contribution in [0.4, 0.5) is 10.5 Å². The molecule has 1 heterocycles. The van der Waals surface area contributed by atoms with Gasteiger partial charge in [-0.1, -0.05) is 18.2 Å². The topological polar surface area (TPSA) is 74.7 Å². The summed E-state index contributed by atoms with van der Waals surface area (Å²) in [6, 6.07) is 8.48. The van der Waals surface area contributed by atoms with Crippen molar-refractivity contribution in [1.29, 1.82) is 0 Å². The summed E-state index contributed by atoms with van der Waals surface area (Å²) in [5.41, 5.74) is 0.475. The van der Waals surface area contributed by atoms with Crippen LogP contribution in [0.25, 0.3) is 0 Å². The third-order valence-electron chi connectivity index (χ3n) is 2.30. The van der Waals surface area contributed by atoms with E-state index in [1.54, 1.807) is 30.3 Å². The largest absolute Gasteiger partial charge is 0.481 e. The molecule has 1 atom stereocenters. The van der Waals surface area contributed by atoms with Gasteiger partial charge in [0.05, 0.1) is 12.1 Å². The van der Waals surface area contributed by atoms with Gasteiger partial charge in [-0.3, -0.25) is 14.4 Å². The van der Waals surface area contributed by atoms with Gasteiger partial charge < -0.3 is 5.11 Å². The van der Waals surface area contributed by atoms with Crippen molar-refractivity contribution in [3.8, 4) is 0 Å². The molecule has 1 aliphatic rings. The number of amides is 2. The molecule has 2 rings (SSSR count). The van der Waals surface area contributed by atoms with Crippen LogP contribution in [0.1, 0.15) is 6.42 Å². The lowest BCUT2D eigenvalue weighted by Crippen LogP contribution is -2.32. The van der Waals surface area contributed by atoms with Crippen LogP contribution in [-0.2, 0) is 9.59 Å². The van der Waals surface area contributed by atoms with Crippen LogP contribution in [0.15, 0.2) is 30.3 Å². The van der Waals surface area contributed by atoms with E-state index in [1.165, 1.54) is 0 Å². The Morgan fingerprint density at radius 3 is 2.53 bits per heavy atom. The Balaban J connectivity index is 2.23. The Bertz CT molecular complexity index is 474. The van der Waals surface area contributed by atoms with E-state index in [1.807, 2.05) is 0 Å². The number of imide groups is 1. The zero-order valence-corrected chi connectivity index (χ0v) is 9.52. The third-order valence-corrected chi connectivity index (χ3v) is 3.33. The second-order valence-electron chi connectivity index (χ2n) is 3.48. The number of carboxylic acid groups (broad SMARTS) is 1. The molecule has 5 nitrogen and oxygen atoms in total. The van der Waals surface area contributed by atoms with Gasteiger partial charge in [0.25, 0.3) is 5.24 Å². The van der Waals surface area contributed by atoms with Crippen LogP contribution in [0.3, 0.4) is 0 Å². The Hall–Kier alpha value is -1.82. The third kappa shape index (κ3) is 2.31. The van der Waals surface area contributed by atoms with Crippen molar-refractivity contribution in [3.63, 3.8) is 0 Å². The van der Waals surface area contributed by atoms with Gasteiger partial charge >= 0.3 is 5.97 Å². The highest BCUT2D eigenvalue weighted by Gasteiger charge is 2.41. The minimum absolute atomic E-state index is 0.335. The molecule has 1 N–H and O–H groups in total. The first-order valence-electron chi connectivity index (χ1n) is 4.91. The maximum atomic E-state index is 11.9. The Labute approximate surface area is 101 Å². The minimum atomic E-state index is -1.08. The van der Waals surface area contributed by atoms with Crippen molar-refractivity contribution in [1.82, 2.24) is 0 Å². The quantitative estimate of drug-likeness (QED) is 0.885. The maximum Gasteiger partial charge on any atom is 0.305 e. The number of para-hydroxylation sites is 1. The fourth-order valence-corrected chi connectivity index (χ4v) is 2.53. The van der Waals surface area contributed by atoms with Gasteiger partial charge in [0.2, 0.25) is 5.91 Å². The molecule has 1 saturated heterocycles. The van der Waals surface area contributed by atoms with Gasteiger partial charge in [0, 0.05) is 0 Å². The molecule has 1 unspecified atom stereocenters. The van der Waals surface area contributed by atoms with Gasteiger partial charge in [-0.25, -0.2) is 4.90 Å². The van der Waals surface area contributed by atoms with Crippen molar-refractivity contribution < 1.29 is 19.5 Å². The maximum absolute atomic E-state index is 11.9. The van der Waals surface area contributed by atoms with E-state index < -0.39 is 22.4 Å². The van der Waals surface area contributed by atoms with Crippen LogP contribution in [0, 0.1) is 0 Å². The van der Waals surface area contributed by atoms with Gasteiger partial charge in [-0.2, -0.15) is 0 Å². The molecule has 0 radical (unpaired) electrons. The zero-order valence-electron chi connectivity index (χ0n) is 8.70. The van der Waals surface area contributed by atoms with Gasteiger partial charge in [0.1, 0.15) is 5.25 Å². The lowest BCUT2D eigenvalue weighted by molar-refractivity contribution is -0.138. The van der Waals surface area contributed by atoms with E-state index >= 15 is 0 Å². The summed E-state index contributed by atoms with van der Waals surface area (Å²) in [5, 5.41) is 7.40.